The van der Waals surface area contributed by atoms with Crippen LogP contribution in [0.5, 0.6) is 0 Å². The lowest BCUT2D eigenvalue weighted by molar-refractivity contribution is -0.107. The summed E-state index contributed by atoms with van der Waals surface area (Å²) in [5.41, 5.74) is 1.81. The largest absolute Gasteiger partial charge is 0.377 e. The van der Waals surface area contributed by atoms with Gasteiger partial charge in [0.25, 0.3) is 0 Å². The number of hydrogen-bond acceptors (Lipinski definition) is 3. The fourth-order valence-corrected chi connectivity index (χ4v) is 3.93. The number of anilines is 1. The van der Waals surface area contributed by atoms with Gasteiger partial charge in [-0.05, 0) is 31.0 Å². The average Bonchev–Trinajstić information content (AvgIpc) is 2.99. The Morgan fingerprint density at radius 1 is 1.43 bits per heavy atom. The standard InChI is InChI=1S/C18H26N2O3/c1-11(22-4)12-6-5-7-13(10-12)19-17(21)20-15-14-8-9-23-16(14)18(15,2)3/h5-7,10-11,14-16H,8-9H2,1-4H3,(H2,19,20,21). The molecule has 1 saturated carbocycles. The Balaban J connectivity index is 1.62. The molecule has 0 bridgehead atoms. The summed E-state index contributed by atoms with van der Waals surface area (Å²) in [5.74, 6) is 0.440. The zero-order chi connectivity index (χ0) is 16.6. The molecule has 1 heterocycles. The molecule has 4 unspecified atom stereocenters. The third-order valence-corrected chi connectivity index (χ3v) is 5.35. The van der Waals surface area contributed by atoms with Gasteiger partial charge in [0.1, 0.15) is 0 Å². The molecule has 1 aliphatic heterocycles. The number of benzene rings is 1. The molecule has 1 aliphatic carbocycles. The lowest BCUT2D eigenvalue weighted by atomic mass is 9.57. The number of urea groups is 1. The van der Waals surface area contributed by atoms with E-state index in [0.717, 1.165) is 24.3 Å². The fourth-order valence-electron chi connectivity index (χ4n) is 3.93. The van der Waals surface area contributed by atoms with Crippen molar-refractivity contribution in [2.75, 3.05) is 19.0 Å². The van der Waals surface area contributed by atoms with E-state index in [1.807, 2.05) is 31.2 Å². The van der Waals surface area contributed by atoms with Gasteiger partial charge in [0.2, 0.25) is 0 Å². The maximum Gasteiger partial charge on any atom is 0.319 e. The zero-order valence-corrected chi connectivity index (χ0v) is 14.3. The Morgan fingerprint density at radius 2 is 2.22 bits per heavy atom. The molecular formula is C18H26N2O3. The van der Waals surface area contributed by atoms with E-state index in [9.17, 15) is 4.79 Å². The number of carbonyl (C=O) groups is 1. The van der Waals surface area contributed by atoms with Crippen LogP contribution in [0.3, 0.4) is 0 Å². The molecule has 1 aromatic rings. The van der Waals surface area contributed by atoms with Crippen molar-refractivity contribution in [2.45, 2.75) is 45.4 Å². The molecule has 2 aliphatic rings. The van der Waals surface area contributed by atoms with Crippen LogP contribution in [0, 0.1) is 11.3 Å². The van der Waals surface area contributed by atoms with Crippen molar-refractivity contribution >= 4 is 11.7 Å². The van der Waals surface area contributed by atoms with Crippen molar-refractivity contribution in [2.24, 2.45) is 11.3 Å². The van der Waals surface area contributed by atoms with Crippen LogP contribution >= 0.6 is 0 Å². The molecule has 0 radical (unpaired) electrons. The normalized spacial score (nSPS) is 29.3. The highest BCUT2D eigenvalue weighted by Gasteiger charge is 2.59. The molecule has 23 heavy (non-hydrogen) atoms. The summed E-state index contributed by atoms with van der Waals surface area (Å²) < 4.78 is 11.1. The van der Waals surface area contributed by atoms with Gasteiger partial charge in [-0.15, -0.1) is 0 Å². The minimum atomic E-state index is -0.157. The molecule has 5 nitrogen and oxygen atoms in total. The monoisotopic (exact) mass is 318 g/mol. The van der Waals surface area contributed by atoms with Gasteiger partial charge in [0.05, 0.1) is 12.2 Å². The predicted molar refractivity (Wildman–Crippen MR) is 89.4 cm³/mol. The lowest BCUT2D eigenvalue weighted by Crippen LogP contribution is -2.67. The van der Waals surface area contributed by atoms with E-state index in [1.165, 1.54) is 0 Å². The molecule has 1 aromatic carbocycles. The quantitative estimate of drug-likeness (QED) is 0.895. The van der Waals surface area contributed by atoms with Crippen LogP contribution in [0.1, 0.15) is 38.9 Å². The number of hydrogen-bond donors (Lipinski definition) is 2. The lowest BCUT2D eigenvalue weighted by Gasteiger charge is -2.54. The van der Waals surface area contributed by atoms with Gasteiger partial charge in [-0.1, -0.05) is 26.0 Å². The summed E-state index contributed by atoms with van der Waals surface area (Å²) >= 11 is 0. The van der Waals surface area contributed by atoms with Crippen LogP contribution < -0.4 is 10.6 Å². The number of nitrogens with one attached hydrogen (secondary N) is 2. The third kappa shape index (κ3) is 2.95. The summed E-state index contributed by atoms with van der Waals surface area (Å²) in [5, 5.41) is 6.06. The van der Waals surface area contributed by atoms with E-state index < -0.39 is 0 Å². The molecule has 3 rings (SSSR count). The van der Waals surface area contributed by atoms with Crippen molar-refractivity contribution in [3.05, 3.63) is 29.8 Å². The molecule has 126 valence electrons. The molecular weight excluding hydrogens is 292 g/mol. The Kier molecular flexibility index (Phi) is 4.34. The Hall–Kier alpha value is -1.59. The van der Waals surface area contributed by atoms with Crippen LogP contribution in [-0.2, 0) is 9.47 Å². The first-order chi connectivity index (χ1) is 10.9. The highest BCUT2D eigenvalue weighted by atomic mass is 16.5. The molecule has 2 amide bonds. The van der Waals surface area contributed by atoms with Crippen LogP contribution in [0.25, 0.3) is 0 Å². The predicted octanol–water partition coefficient (Wildman–Crippen LogP) is 3.33. The summed E-state index contributed by atoms with van der Waals surface area (Å²) in [6.07, 6.45) is 1.31. The highest BCUT2D eigenvalue weighted by molar-refractivity contribution is 5.89. The number of rotatable bonds is 4. The van der Waals surface area contributed by atoms with Crippen molar-refractivity contribution in [3.8, 4) is 0 Å². The van der Waals surface area contributed by atoms with Gasteiger partial charge in [0, 0.05) is 36.8 Å². The Morgan fingerprint density at radius 3 is 2.96 bits per heavy atom. The minimum Gasteiger partial charge on any atom is -0.377 e. The highest BCUT2D eigenvalue weighted by Crippen LogP contribution is 2.52. The van der Waals surface area contributed by atoms with Crippen LogP contribution in [-0.4, -0.2) is 31.9 Å². The molecule has 0 aromatic heterocycles. The van der Waals surface area contributed by atoms with Gasteiger partial charge >= 0.3 is 6.03 Å². The Labute approximate surface area is 137 Å². The van der Waals surface area contributed by atoms with E-state index in [0.29, 0.717) is 5.92 Å². The van der Waals surface area contributed by atoms with Gasteiger partial charge in [-0.3, -0.25) is 0 Å². The van der Waals surface area contributed by atoms with Gasteiger partial charge in [-0.25, -0.2) is 4.79 Å². The second-order valence-electron chi connectivity index (χ2n) is 7.14. The van der Waals surface area contributed by atoms with E-state index in [2.05, 4.69) is 24.5 Å². The maximum atomic E-state index is 12.3. The summed E-state index contributed by atoms with van der Waals surface area (Å²) in [6, 6.07) is 7.76. The van der Waals surface area contributed by atoms with Crippen molar-refractivity contribution in [1.82, 2.24) is 5.32 Å². The van der Waals surface area contributed by atoms with E-state index in [1.54, 1.807) is 7.11 Å². The maximum absolute atomic E-state index is 12.3. The van der Waals surface area contributed by atoms with E-state index >= 15 is 0 Å². The van der Waals surface area contributed by atoms with E-state index in [-0.39, 0.29) is 29.7 Å². The number of fused-ring (bicyclic) bond motifs is 1. The molecule has 1 saturated heterocycles. The summed E-state index contributed by atoms with van der Waals surface area (Å²) in [6.45, 7) is 7.10. The SMILES string of the molecule is COC(C)c1cccc(NC(=O)NC2C3CCOC3C2(C)C)c1. The first-order valence-electron chi connectivity index (χ1n) is 8.25. The van der Waals surface area contributed by atoms with Crippen molar-refractivity contribution in [3.63, 3.8) is 0 Å². The van der Waals surface area contributed by atoms with Crippen molar-refractivity contribution < 1.29 is 14.3 Å². The third-order valence-electron chi connectivity index (χ3n) is 5.35. The molecule has 0 spiro atoms. The zero-order valence-electron chi connectivity index (χ0n) is 14.3. The van der Waals surface area contributed by atoms with Crippen molar-refractivity contribution in [1.29, 1.82) is 0 Å². The van der Waals surface area contributed by atoms with Gasteiger partial charge < -0.3 is 20.1 Å². The number of ether oxygens (including phenoxy) is 2. The number of methoxy groups -OCH3 is 1. The smallest absolute Gasteiger partial charge is 0.319 e. The molecule has 2 N–H and O–H groups in total. The minimum absolute atomic E-state index is 0.00164. The Bertz CT molecular complexity index is 587. The van der Waals surface area contributed by atoms with Gasteiger partial charge in [-0.2, -0.15) is 0 Å². The van der Waals surface area contributed by atoms with E-state index in [4.69, 9.17) is 9.47 Å². The number of amides is 2. The second kappa shape index (κ2) is 6.13. The summed E-state index contributed by atoms with van der Waals surface area (Å²) in [7, 11) is 1.68. The molecule has 2 fully saturated rings. The van der Waals surface area contributed by atoms with Crippen LogP contribution in [0.2, 0.25) is 0 Å². The molecule has 5 heteroatoms. The second-order valence-corrected chi connectivity index (χ2v) is 7.14. The summed E-state index contributed by atoms with van der Waals surface area (Å²) in [4.78, 5) is 12.3. The van der Waals surface area contributed by atoms with Crippen LogP contribution in [0.4, 0.5) is 10.5 Å². The van der Waals surface area contributed by atoms with Crippen LogP contribution in [0.15, 0.2) is 24.3 Å². The first kappa shape index (κ1) is 16.3. The number of carbonyl (C=O) groups excluding carboxylic acids is 1. The fraction of sp³-hybridized carbons (Fsp3) is 0.611. The average molecular weight is 318 g/mol. The topological polar surface area (TPSA) is 59.6 Å². The molecule has 4 atom stereocenters. The first-order valence-corrected chi connectivity index (χ1v) is 8.25. The van der Waals surface area contributed by atoms with Gasteiger partial charge in [0.15, 0.2) is 0 Å².